The van der Waals surface area contributed by atoms with E-state index < -0.39 is 5.97 Å². The van der Waals surface area contributed by atoms with Gasteiger partial charge in [0.1, 0.15) is 15.5 Å². The Hall–Kier alpha value is -1.69. The molecular formula is C16H22N2O3S. The lowest BCUT2D eigenvalue weighted by atomic mass is 10.1. The summed E-state index contributed by atoms with van der Waals surface area (Å²) >= 11 is 1.23. The van der Waals surface area contributed by atoms with E-state index in [9.17, 15) is 9.59 Å². The van der Waals surface area contributed by atoms with E-state index in [0.717, 1.165) is 25.1 Å². The molecule has 120 valence electrons. The summed E-state index contributed by atoms with van der Waals surface area (Å²) < 4.78 is 6.58. The molecule has 0 spiro atoms. The van der Waals surface area contributed by atoms with Crippen LogP contribution >= 0.6 is 11.3 Å². The molecule has 0 saturated carbocycles. The highest BCUT2D eigenvalue weighted by molar-refractivity contribution is 7.20. The molecule has 5 nitrogen and oxygen atoms in total. The van der Waals surface area contributed by atoms with Gasteiger partial charge in [0.2, 0.25) is 0 Å². The van der Waals surface area contributed by atoms with Gasteiger partial charge >= 0.3 is 5.97 Å². The second kappa shape index (κ2) is 7.54. The highest BCUT2D eigenvalue weighted by Gasteiger charge is 2.16. The molecule has 0 aliphatic carbocycles. The van der Waals surface area contributed by atoms with Gasteiger partial charge in [0.05, 0.1) is 12.0 Å². The summed E-state index contributed by atoms with van der Waals surface area (Å²) in [6.07, 6.45) is 5.33. The van der Waals surface area contributed by atoms with E-state index in [4.69, 9.17) is 4.74 Å². The maximum absolute atomic E-state index is 12.4. The Morgan fingerprint density at radius 1 is 1.32 bits per heavy atom. The van der Waals surface area contributed by atoms with Gasteiger partial charge in [-0.2, -0.15) is 0 Å². The standard InChI is InChI=1S/C16H22N2O3S/c1-4-6-7-8-9-13-17-14-11(15(19)18(13)3)10-12(22-14)16(20)21-5-2/h10H,4-9H2,1-3H3. The molecular weight excluding hydrogens is 300 g/mol. The number of rotatable bonds is 7. The van der Waals surface area contributed by atoms with Crippen molar-refractivity contribution in [1.82, 2.24) is 9.55 Å². The number of unbranched alkanes of at least 4 members (excludes halogenated alkanes) is 3. The van der Waals surface area contributed by atoms with Crippen LogP contribution in [0.3, 0.4) is 0 Å². The van der Waals surface area contributed by atoms with Crippen LogP contribution in [0.25, 0.3) is 10.2 Å². The molecule has 2 aromatic heterocycles. The van der Waals surface area contributed by atoms with Crippen LogP contribution in [-0.2, 0) is 18.2 Å². The molecule has 0 amide bonds. The Morgan fingerprint density at radius 3 is 2.77 bits per heavy atom. The van der Waals surface area contributed by atoms with Crippen LogP contribution in [0.4, 0.5) is 0 Å². The topological polar surface area (TPSA) is 61.2 Å². The first kappa shape index (κ1) is 16.7. The van der Waals surface area contributed by atoms with Crippen LogP contribution in [0.5, 0.6) is 0 Å². The van der Waals surface area contributed by atoms with Crippen LogP contribution in [0.1, 0.15) is 55.0 Å². The highest BCUT2D eigenvalue weighted by atomic mass is 32.1. The number of thiophene rings is 1. The van der Waals surface area contributed by atoms with Crippen molar-refractivity contribution in [2.75, 3.05) is 6.61 Å². The van der Waals surface area contributed by atoms with Gasteiger partial charge in [0.15, 0.2) is 0 Å². The van der Waals surface area contributed by atoms with Gasteiger partial charge in [-0.1, -0.05) is 26.2 Å². The second-order valence-electron chi connectivity index (χ2n) is 5.25. The Morgan fingerprint density at radius 2 is 2.09 bits per heavy atom. The number of hydrogen-bond acceptors (Lipinski definition) is 5. The van der Waals surface area contributed by atoms with Gasteiger partial charge in [-0.05, 0) is 19.4 Å². The van der Waals surface area contributed by atoms with E-state index in [1.165, 1.54) is 24.2 Å². The molecule has 0 N–H and O–H groups in total. The van der Waals surface area contributed by atoms with Crippen molar-refractivity contribution >= 4 is 27.5 Å². The number of carbonyl (C=O) groups is 1. The van der Waals surface area contributed by atoms with Gasteiger partial charge in [-0.25, -0.2) is 9.78 Å². The van der Waals surface area contributed by atoms with Gasteiger partial charge in [-0.3, -0.25) is 9.36 Å². The lowest BCUT2D eigenvalue weighted by molar-refractivity contribution is 0.0532. The third-order valence-electron chi connectivity index (χ3n) is 3.60. The summed E-state index contributed by atoms with van der Waals surface area (Å²) in [7, 11) is 1.74. The number of nitrogens with zero attached hydrogens (tertiary/aromatic N) is 2. The molecule has 0 fully saturated rings. The third kappa shape index (κ3) is 3.55. The zero-order chi connectivity index (χ0) is 16.1. The van der Waals surface area contributed by atoms with Gasteiger partial charge < -0.3 is 4.74 Å². The summed E-state index contributed by atoms with van der Waals surface area (Å²) in [5, 5.41) is 0.493. The molecule has 0 bridgehead atoms. The van der Waals surface area contributed by atoms with Crippen LogP contribution in [0, 0.1) is 0 Å². The highest BCUT2D eigenvalue weighted by Crippen LogP contribution is 2.22. The molecule has 2 aromatic rings. The monoisotopic (exact) mass is 322 g/mol. The van der Waals surface area contributed by atoms with E-state index >= 15 is 0 Å². The minimum atomic E-state index is -0.392. The van der Waals surface area contributed by atoms with Crippen molar-refractivity contribution in [3.05, 3.63) is 27.1 Å². The van der Waals surface area contributed by atoms with Crippen LogP contribution < -0.4 is 5.56 Å². The average Bonchev–Trinajstić information content (AvgIpc) is 2.93. The predicted molar refractivity (Wildman–Crippen MR) is 88.7 cm³/mol. The maximum Gasteiger partial charge on any atom is 0.348 e. The van der Waals surface area contributed by atoms with Crippen LogP contribution in [-0.4, -0.2) is 22.1 Å². The molecule has 0 radical (unpaired) electrons. The maximum atomic E-state index is 12.4. The minimum Gasteiger partial charge on any atom is -0.462 e. The number of aromatic nitrogens is 2. The lowest BCUT2D eigenvalue weighted by Crippen LogP contribution is -2.21. The fourth-order valence-electron chi connectivity index (χ4n) is 2.34. The summed E-state index contributed by atoms with van der Waals surface area (Å²) in [4.78, 5) is 29.8. The minimum absolute atomic E-state index is 0.0951. The number of ether oxygens (including phenoxy) is 1. The zero-order valence-corrected chi connectivity index (χ0v) is 14.2. The smallest absolute Gasteiger partial charge is 0.348 e. The quantitative estimate of drug-likeness (QED) is 0.579. The Bertz CT molecular complexity index is 718. The largest absolute Gasteiger partial charge is 0.462 e. The van der Waals surface area contributed by atoms with Crippen molar-refractivity contribution in [3.63, 3.8) is 0 Å². The lowest BCUT2D eigenvalue weighted by Gasteiger charge is -2.06. The Labute approximate surface area is 133 Å². The molecule has 0 aliphatic rings. The fraction of sp³-hybridized carbons (Fsp3) is 0.562. The molecule has 0 aliphatic heterocycles. The summed E-state index contributed by atoms with van der Waals surface area (Å²) in [5.74, 6) is 0.392. The average molecular weight is 322 g/mol. The number of carbonyl (C=O) groups excluding carboxylic acids is 1. The van der Waals surface area contributed by atoms with E-state index in [1.807, 2.05) is 0 Å². The summed E-state index contributed by atoms with van der Waals surface area (Å²) in [5.41, 5.74) is -0.0951. The van der Waals surface area contributed by atoms with E-state index in [2.05, 4.69) is 11.9 Å². The first-order valence-electron chi connectivity index (χ1n) is 7.75. The van der Waals surface area contributed by atoms with Gasteiger partial charge in [0, 0.05) is 13.5 Å². The molecule has 0 aromatic carbocycles. The Balaban J connectivity index is 2.30. The molecule has 2 rings (SSSR count). The van der Waals surface area contributed by atoms with Crippen molar-refractivity contribution < 1.29 is 9.53 Å². The molecule has 0 atom stereocenters. The molecule has 0 unspecified atom stereocenters. The number of aryl methyl sites for hydroxylation is 1. The molecule has 22 heavy (non-hydrogen) atoms. The normalized spacial score (nSPS) is 11.0. The van der Waals surface area contributed by atoms with Crippen molar-refractivity contribution in [3.8, 4) is 0 Å². The SMILES string of the molecule is CCCCCCc1nc2sc(C(=O)OCC)cc2c(=O)n1C. The zero-order valence-electron chi connectivity index (χ0n) is 13.3. The summed E-state index contributed by atoms with van der Waals surface area (Å²) in [6, 6.07) is 1.59. The van der Waals surface area contributed by atoms with Crippen molar-refractivity contribution in [1.29, 1.82) is 0 Å². The molecule has 6 heteroatoms. The first-order chi connectivity index (χ1) is 10.6. The predicted octanol–water partition coefficient (Wildman–Crippen LogP) is 3.29. The van der Waals surface area contributed by atoms with E-state index in [0.29, 0.717) is 21.7 Å². The number of hydrogen-bond donors (Lipinski definition) is 0. The van der Waals surface area contributed by atoms with E-state index in [1.54, 1.807) is 24.6 Å². The van der Waals surface area contributed by atoms with Crippen LogP contribution in [0.2, 0.25) is 0 Å². The van der Waals surface area contributed by atoms with E-state index in [-0.39, 0.29) is 5.56 Å². The molecule has 0 saturated heterocycles. The fourth-order valence-corrected chi connectivity index (χ4v) is 3.28. The molecule has 2 heterocycles. The van der Waals surface area contributed by atoms with Crippen LogP contribution in [0.15, 0.2) is 10.9 Å². The Kier molecular flexibility index (Phi) is 5.71. The third-order valence-corrected chi connectivity index (χ3v) is 4.60. The van der Waals surface area contributed by atoms with Crippen molar-refractivity contribution in [2.45, 2.75) is 46.0 Å². The van der Waals surface area contributed by atoms with Gasteiger partial charge in [-0.15, -0.1) is 11.3 Å². The summed E-state index contributed by atoms with van der Waals surface area (Å²) in [6.45, 7) is 4.25. The number of esters is 1. The second-order valence-corrected chi connectivity index (χ2v) is 6.28. The first-order valence-corrected chi connectivity index (χ1v) is 8.56. The van der Waals surface area contributed by atoms with Gasteiger partial charge in [0.25, 0.3) is 5.56 Å². The number of fused-ring (bicyclic) bond motifs is 1. The van der Waals surface area contributed by atoms with Crippen molar-refractivity contribution in [2.24, 2.45) is 7.05 Å².